The Labute approximate surface area is 82.0 Å². The fourth-order valence-corrected chi connectivity index (χ4v) is 1.34. The van der Waals surface area contributed by atoms with Gasteiger partial charge in [0.1, 0.15) is 0 Å². The summed E-state index contributed by atoms with van der Waals surface area (Å²) in [5, 5.41) is 14.4. The van der Waals surface area contributed by atoms with Gasteiger partial charge in [0, 0.05) is 29.3 Å². The van der Waals surface area contributed by atoms with Crippen LogP contribution in [-0.2, 0) is 0 Å². The van der Waals surface area contributed by atoms with Crippen LogP contribution in [0.3, 0.4) is 0 Å². The van der Waals surface area contributed by atoms with Crippen LogP contribution in [0.1, 0.15) is 0 Å². The van der Waals surface area contributed by atoms with Crippen LogP contribution < -0.4 is 0 Å². The quantitative estimate of drug-likeness (QED) is 0.541. The van der Waals surface area contributed by atoms with Crippen molar-refractivity contribution in [3.63, 3.8) is 0 Å². The summed E-state index contributed by atoms with van der Waals surface area (Å²) in [7, 11) is 0. The molecule has 14 heavy (non-hydrogen) atoms. The highest BCUT2D eigenvalue weighted by atomic mass is 35.5. The number of nitro groups is 1. The molecular weight excluding hydrogens is 213 g/mol. The van der Waals surface area contributed by atoms with Crippen molar-refractivity contribution in [3.05, 3.63) is 34.3 Å². The van der Waals surface area contributed by atoms with Crippen LogP contribution in [0.5, 0.6) is 0 Å². The van der Waals surface area contributed by atoms with Crippen LogP contribution in [0.4, 0.5) is 10.1 Å². The van der Waals surface area contributed by atoms with Gasteiger partial charge in [-0.25, -0.2) is 0 Å². The molecule has 0 aliphatic heterocycles. The van der Waals surface area contributed by atoms with Gasteiger partial charge in [0.25, 0.3) is 0 Å². The highest BCUT2D eigenvalue weighted by molar-refractivity contribution is 6.18. The van der Waals surface area contributed by atoms with Crippen molar-refractivity contribution < 1.29 is 9.31 Å². The highest BCUT2D eigenvalue weighted by Gasteiger charge is 2.16. The first-order valence-corrected chi connectivity index (χ1v) is 3.91. The van der Waals surface area contributed by atoms with E-state index in [1.807, 2.05) is 0 Å². The molecule has 0 radical (unpaired) electrons. The first kappa shape index (κ1) is 8.89. The first-order chi connectivity index (χ1) is 6.59. The number of nitro benzene ring substituents is 1. The smallest absolute Gasteiger partial charge is 0.258 e. The summed E-state index contributed by atoms with van der Waals surface area (Å²) in [6.07, 6.45) is 1.33. The second-order valence-electron chi connectivity index (χ2n) is 2.62. The van der Waals surface area contributed by atoms with Crippen molar-refractivity contribution in [2.75, 3.05) is 0 Å². The molecule has 5 nitrogen and oxygen atoms in total. The largest absolute Gasteiger partial charge is 0.305 e. The van der Waals surface area contributed by atoms with Crippen LogP contribution in [0.15, 0.2) is 18.3 Å². The number of hydrogen-bond acceptors (Lipinski definition) is 3. The molecule has 1 heterocycles. The molecule has 0 saturated heterocycles. The maximum atomic E-state index is 13.1. The lowest BCUT2D eigenvalue weighted by Crippen LogP contribution is -1.92. The molecule has 1 aromatic heterocycles. The van der Waals surface area contributed by atoms with Crippen LogP contribution in [0.2, 0.25) is 0 Å². The Kier molecular flexibility index (Phi) is 1.85. The van der Waals surface area contributed by atoms with Crippen LogP contribution >= 0.6 is 11.8 Å². The average Bonchev–Trinajstić information content (AvgIpc) is 2.46. The Morgan fingerprint density at radius 1 is 1.57 bits per heavy atom. The van der Waals surface area contributed by atoms with Crippen molar-refractivity contribution in [3.8, 4) is 0 Å². The van der Waals surface area contributed by atoms with E-state index in [0.29, 0.717) is 10.9 Å². The second-order valence-corrected chi connectivity index (χ2v) is 2.94. The molecule has 0 N–H and O–H groups in total. The molecule has 0 unspecified atom stereocenters. The third-order valence-corrected chi connectivity index (χ3v) is 2.06. The first-order valence-electron chi connectivity index (χ1n) is 3.57. The number of fused-ring (bicyclic) bond motifs is 1. The molecule has 0 aliphatic carbocycles. The lowest BCUT2D eigenvalue weighted by Gasteiger charge is -1.94. The molecule has 0 fully saturated rings. The van der Waals surface area contributed by atoms with E-state index < -0.39 is 16.4 Å². The standard InChI is InChI=1S/C7H3ClFN3O2/c8-11-6-2-5(9)7(12(13)14)1-4(6)3-10-11/h1-3H. The Morgan fingerprint density at radius 3 is 2.93 bits per heavy atom. The molecule has 0 aliphatic rings. The van der Waals surface area contributed by atoms with Crippen LogP contribution in [-0.4, -0.2) is 14.2 Å². The Balaban J connectivity index is 2.79. The SMILES string of the molecule is O=[N+]([O-])c1cc2cnn(Cl)c2cc1F. The zero-order valence-electron chi connectivity index (χ0n) is 6.65. The van der Waals surface area contributed by atoms with Crippen molar-refractivity contribution in [1.29, 1.82) is 0 Å². The summed E-state index contributed by atoms with van der Waals surface area (Å²) < 4.78 is 14.0. The zero-order valence-corrected chi connectivity index (χ0v) is 7.40. The van der Waals surface area contributed by atoms with Gasteiger partial charge in [-0.2, -0.15) is 13.7 Å². The number of hydrogen-bond donors (Lipinski definition) is 0. The summed E-state index contributed by atoms with van der Waals surface area (Å²) in [5.74, 6) is -0.926. The molecule has 72 valence electrons. The third-order valence-electron chi connectivity index (χ3n) is 1.79. The minimum atomic E-state index is -0.926. The van der Waals surface area contributed by atoms with E-state index in [0.717, 1.165) is 16.3 Å². The molecule has 0 bridgehead atoms. The predicted octanol–water partition coefficient (Wildman–Crippen LogP) is 2.09. The van der Waals surface area contributed by atoms with E-state index in [1.54, 1.807) is 0 Å². The van der Waals surface area contributed by atoms with Crippen molar-refractivity contribution in [2.24, 2.45) is 0 Å². The zero-order chi connectivity index (χ0) is 10.3. The van der Waals surface area contributed by atoms with E-state index in [2.05, 4.69) is 5.10 Å². The van der Waals surface area contributed by atoms with Gasteiger partial charge in [0.15, 0.2) is 0 Å². The van der Waals surface area contributed by atoms with Gasteiger partial charge >= 0.3 is 5.69 Å². The summed E-state index contributed by atoms with van der Waals surface area (Å²) in [6, 6.07) is 2.07. The van der Waals surface area contributed by atoms with Crippen molar-refractivity contribution >= 4 is 28.4 Å². The monoisotopic (exact) mass is 215 g/mol. The van der Waals surface area contributed by atoms with E-state index in [9.17, 15) is 14.5 Å². The Morgan fingerprint density at radius 2 is 2.29 bits per heavy atom. The topological polar surface area (TPSA) is 61.0 Å². The molecule has 2 aromatic rings. The highest BCUT2D eigenvalue weighted by Crippen LogP contribution is 2.24. The van der Waals surface area contributed by atoms with Gasteiger partial charge in [-0.1, -0.05) is 0 Å². The molecule has 0 atom stereocenters. The molecule has 0 amide bonds. The van der Waals surface area contributed by atoms with Crippen molar-refractivity contribution in [2.45, 2.75) is 0 Å². The number of halogens is 2. The summed E-state index contributed by atoms with van der Waals surface area (Å²) >= 11 is 5.55. The molecular formula is C7H3ClFN3O2. The molecule has 0 saturated carbocycles. The molecule has 1 aromatic carbocycles. The number of benzene rings is 1. The number of aromatic nitrogens is 2. The lowest BCUT2D eigenvalue weighted by atomic mass is 10.2. The normalized spacial score (nSPS) is 10.7. The molecule has 7 heteroatoms. The number of rotatable bonds is 1. The minimum Gasteiger partial charge on any atom is -0.258 e. The van der Waals surface area contributed by atoms with E-state index >= 15 is 0 Å². The Bertz CT molecular complexity index is 525. The van der Waals surface area contributed by atoms with E-state index in [4.69, 9.17) is 11.8 Å². The van der Waals surface area contributed by atoms with E-state index in [1.165, 1.54) is 6.20 Å². The summed E-state index contributed by atoms with van der Waals surface area (Å²) in [5.41, 5.74) is -0.281. The lowest BCUT2D eigenvalue weighted by molar-refractivity contribution is -0.387. The van der Waals surface area contributed by atoms with E-state index in [-0.39, 0.29) is 0 Å². The summed E-state index contributed by atoms with van der Waals surface area (Å²) in [6.45, 7) is 0. The maximum Gasteiger partial charge on any atom is 0.305 e. The van der Waals surface area contributed by atoms with Gasteiger partial charge < -0.3 is 0 Å². The van der Waals surface area contributed by atoms with Crippen LogP contribution in [0.25, 0.3) is 10.9 Å². The average molecular weight is 216 g/mol. The fraction of sp³-hybridized carbons (Fsp3) is 0. The van der Waals surface area contributed by atoms with Crippen molar-refractivity contribution in [1.82, 2.24) is 9.30 Å². The molecule has 0 spiro atoms. The van der Waals surface area contributed by atoms with Gasteiger partial charge in [-0.15, -0.1) is 0 Å². The summed E-state index contributed by atoms with van der Waals surface area (Å²) in [4.78, 5) is 9.59. The van der Waals surface area contributed by atoms with Gasteiger partial charge in [-0.3, -0.25) is 10.1 Å². The third kappa shape index (κ3) is 1.20. The van der Waals surface area contributed by atoms with Gasteiger partial charge in [-0.05, 0) is 0 Å². The fourth-order valence-electron chi connectivity index (χ4n) is 1.15. The Hall–Kier alpha value is -1.69. The predicted molar refractivity (Wildman–Crippen MR) is 47.6 cm³/mol. The van der Waals surface area contributed by atoms with Crippen LogP contribution in [0, 0.1) is 15.9 Å². The minimum absolute atomic E-state index is 0.301. The van der Waals surface area contributed by atoms with Gasteiger partial charge in [0.2, 0.25) is 5.82 Å². The second kappa shape index (κ2) is 2.91. The maximum absolute atomic E-state index is 13.1. The number of nitrogens with zero attached hydrogens (tertiary/aromatic N) is 3. The van der Waals surface area contributed by atoms with Gasteiger partial charge in [0.05, 0.1) is 16.6 Å². The molecule has 2 rings (SSSR count).